The number of rotatable bonds is 2. The third-order valence-corrected chi connectivity index (χ3v) is 6.48. The summed E-state index contributed by atoms with van der Waals surface area (Å²) in [7, 11) is -3.06. The Kier molecular flexibility index (Phi) is 4.43. The summed E-state index contributed by atoms with van der Waals surface area (Å²) in [4.78, 5) is 14.6. The van der Waals surface area contributed by atoms with Crippen LogP contribution in [0.3, 0.4) is 0 Å². The van der Waals surface area contributed by atoms with Crippen LogP contribution < -0.4 is 5.32 Å². The van der Waals surface area contributed by atoms with Crippen LogP contribution >= 0.6 is 11.6 Å². The molecular formula is C15H19ClN2O3S. The third-order valence-electron chi connectivity index (χ3n) is 4.37. The lowest BCUT2D eigenvalue weighted by Crippen LogP contribution is -2.50. The number of nitrogens with one attached hydrogen (secondary N) is 1. The van der Waals surface area contributed by atoms with Gasteiger partial charge >= 0.3 is 0 Å². The number of halogens is 1. The van der Waals surface area contributed by atoms with E-state index in [1.807, 2.05) is 24.3 Å². The fourth-order valence-electron chi connectivity index (χ4n) is 3.22. The van der Waals surface area contributed by atoms with Crippen molar-refractivity contribution >= 4 is 27.3 Å². The molecule has 0 aromatic heterocycles. The van der Waals surface area contributed by atoms with Gasteiger partial charge in [-0.15, -0.1) is 0 Å². The summed E-state index contributed by atoms with van der Waals surface area (Å²) in [6, 6.07) is 7.36. The van der Waals surface area contributed by atoms with Crippen LogP contribution in [-0.2, 0) is 14.6 Å². The van der Waals surface area contributed by atoms with Crippen molar-refractivity contribution in [3.63, 3.8) is 0 Å². The first-order chi connectivity index (χ1) is 10.5. The number of benzene rings is 1. The second kappa shape index (κ2) is 6.18. The van der Waals surface area contributed by atoms with Crippen LogP contribution in [-0.4, -0.2) is 50.4 Å². The van der Waals surface area contributed by atoms with E-state index in [-0.39, 0.29) is 23.5 Å². The molecule has 2 fully saturated rings. The fourth-order valence-corrected chi connectivity index (χ4v) is 5.21. The number of hydrogen-bond donors (Lipinski definition) is 1. The van der Waals surface area contributed by atoms with Gasteiger partial charge in [0.15, 0.2) is 9.84 Å². The highest BCUT2D eigenvalue weighted by Crippen LogP contribution is 2.31. The number of nitrogens with zero attached hydrogens (tertiary/aromatic N) is 1. The molecule has 1 amide bonds. The van der Waals surface area contributed by atoms with Crippen molar-refractivity contribution in [2.24, 2.45) is 5.92 Å². The van der Waals surface area contributed by atoms with E-state index in [2.05, 4.69) is 5.32 Å². The Balaban J connectivity index is 1.84. The molecule has 2 unspecified atom stereocenters. The van der Waals surface area contributed by atoms with Gasteiger partial charge < -0.3 is 10.2 Å². The Morgan fingerprint density at radius 2 is 2.09 bits per heavy atom. The molecule has 120 valence electrons. The Morgan fingerprint density at radius 1 is 1.32 bits per heavy atom. The first-order valence-electron chi connectivity index (χ1n) is 7.44. The molecule has 0 spiro atoms. The van der Waals surface area contributed by atoms with E-state index in [4.69, 9.17) is 11.6 Å². The maximum absolute atomic E-state index is 12.8. The summed E-state index contributed by atoms with van der Waals surface area (Å²) in [5.74, 6) is -0.377. The maximum Gasteiger partial charge on any atom is 0.227 e. The van der Waals surface area contributed by atoms with Crippen LogP contribution in [0.25, 0.3) is 0 Å². The smallest absolute Gasteiger partial charge is 0.227 e. The SMILES string of the molecule is O=C(C1CCS(=O)(=O)C1)N1CCNCC1c1ccccc1Cl. The van der Waals surface area contributed by atoms with E-state index in [1.54, 1.807) is 4.90 Å². The summed E-state index contributed by atoms with van der Waals surface area (Å²) in [6.45, 7) is 1.92. The van der Waals surface area contributed by atoms with E-state index in [0.29, 0.717) is 31.1 Å². The van der Waals surface area contributed by atoms with Gasteiger partial charge in [0.05, 0.1) is 23.5 Å². The van der Waals surface area contributed by atoms with E-state index in [1.165, 1.54) is 0 Å². The fraction of sp³-hybridized carbons (Fsp3) is 0.533. The number of hydrogen-bond acceptors (Lipinski definition) is 4. The van der Waals surface area contributed by atoms with Gasteiger partial charge in [0.25, 0.3) is 0 Å². The van der Waals surface area contributed by atoms with E-state index in [9.17, 15) is 13.2 Å². The van der Waals surface area contributed by atoms with Crippen molar-refractivity contribution in [3.8, 4) is 0 Å². The van der Waals surface area contributed by atoms with Gasteiger partial charge in [0.1, 0.15) is 0 Å². The van der Waals surface area contributed by atoms with Crippen LogP contribution in [0.2, 0.25) is 5.02 Å². The number of carbonyl (C=O) groups excluding carboxylic acids is 1. The van der Waals surface area contributed by atoms with Gasteiger partial charge in [-0.1, -0.05) is 29.8 Å². The normalized spacial score (nSPS) is 27.8. The second-order valence-electron chi connectivity index (χ2n) is 5.87. The molecule has 2 atom stereocenters. The summed E-state index contributed by atoms with van der Waals surface area (Å²) >= 11 is 6.27. The standard InChI is InChI=1S/C15H19ClN2O3S/c16-13-4-2-1-3-12(13)14-9-17-6-7-18(14)15(19)11-5-8-22(20,21)10-11/h1-4,11,14,17H,5-10H2. The highest BCUT2D eigenvalue weighted by Gasteiger charge is 2.38. The molecule has 2 aliphatic heterocycles. The van der Waals surface area contributed by atoms with Crippen molar-refractivity contribution < 1.29 is 13.2 Å². The predicted molar refractivity (Wildman–Crippen MR) is 85.5 cm³/mol. The van der Waals surface area contributed by atoms with Crippen LogP contribution in [0.1, 0.15) is 18.0 Å². The zero-order chi connectivity index (χ0) is 15.7. The van der Waals surface area contributed by atoms with Crippen LogP contribution in [0.15, 0.2) is 24.3 Å². The Bertz CT molecular complexity index is 677. The lowest BCUT2D eigenvalue weighted by atomic mass is 10.00. The zero-order valence-electron chi connectivity index (χ0n) is 12.2. The number of piperazine rings is 1. The van der Waals surface area contributed by atoms with Gasteiger partial charge in [-0.05, 0) is 18.1 Å². The average Bonchev–Trinajstić information content (AvgIpc) is 2.87. The van der Waals surface area contributed by atoms with E-state index >= 15 is 0 Å². The summed E-state index contributed by atoms with van der Waals surface area (Å²) < 4.78 is 23.3. The molecule has 2 heterocycles. The van der Waals surface area contributed by atoms with Crippen molar-refractivity contribution in [3.05, 3.63) is 34.9 Å². The quantitative estimate of drug-likeness (QED) is 0.878. The average molecular weight is 343 g/mol. The molecule has 3 rings (SSSR count). The minimum atomic E-state index is -3.06. The molecule has 0 bridgehead atoms. The molecule has 1 N–H and O–H groups in total. The monoisotopic (exact) mass is 342 g/mol. The van der Waals surface area contributed by atoms with Crippen molar-refractivity contribution in [2.75, 3.05) is 31.1 Å². The first-order valence-corrected chi connectivity index (χ1v) is 9.64. The van der Waals surface area contributed by atoms with Crippen molar-refractivity contribution in [1.82, 2.24) is 10.2 Å². The molecule has 22 heavy (non-hydrogen) atoms. The summed E-state index contributed by atoms with van der Waals surface area (Å²) in [5, 5.41) is 3.91. The van der Waals surface area contributed by atoms with Gasteiger partial charge in [0, 0.05) is 24.7 Å². The summed E-state index contributed by atoms with van der Waals surface area (Å²) in [6.07, 6.45) is 0.431. The number of amides is 1. The highest BCUT2D eigenvalue weighted by molar-refractivity contribution is 7.91. The molecular weight excluding hydrogens is 324 g/mol. The van der Waals surface area contributed by atoms with Gasteiger partial charge in [-0.3, -0.25) is 4.79 Å². The Morgan fingerprint density at radius 3 is 2.77 bits per heavy atom. The van der Waals surface area contributed by atoms with Gasteiger partial charge in [0.2, 0.25) is 5.91 Å². The first kappa shape index (κ1) is 15.8. The van der Waals surface area contributed by atoms with Crippen LogP contribution in [0.4, 0.5) is 0 Å². The lowest BCUT2D eigenvalue weighted by Gasteiger charge is -2.38. The van der Waals surface area contributed by atoms with Crippen LogP contribution in [0.5, 0.6) is 0 Å². The van der Waals surface area contributed by atoms with Gasteiger partial charge in [-0.2, -0.15) is 0 Å². The summed E-state index contributed by atoms with van der Waals surface area (Å²) in [5.41, 5.74) is 0.908. The molecule has 7 heteroatoms. The Labute approximate surface area is 135 Å². The van der Waals surface area contributed by atoms with Gasteiger partial charge in [-0.25, -0.2) is 8.42 Å². The lowest BCUT2D eigenvalue weighted by molar-refractivity contribution is -0.138. The zero-order valence-corrected chi connectivity index (χ0v) is 13.7. The minimum absolute atomic E-state index is 0.0228. The highest BCUT2D eigenvalue weighted by atomic mass is 35.5. The molecule has 0 radical (unpaired) electrons. The van der Waals surface area contributed by atoms with Crippen LogP contribution in [0, 0.1) is 5.92 Å². The topological polar surface area (TPSA) is 66.5 Å². The van der Waals surface area contributed by atoms with Crippen molar-refractivity contribution in [2.45, 2.75) is 12.5 Å². The molecule has 1 aromatic rings. The molecule has 2 aliphatic rings. The van der Waals surface area contributed by atoms with E-state index in [0.717, 1.165) is 5.56 Å². The molecule has 1 aromatic carbocycles. The number of carbonyl (C=O) groups is 1. The number of sulfone groups is 1. The molecule has 0 aliphatic carbocycles. The maximum atomic E-state index is 12.8. The second-order valence-corrected chi connectivity index (χ2v) is 8.51. The minimum Gasteiger partial charge on any atom is -0.333 e. The predicted octanol–water partition coefficient (Wildman–Crippen LogP) is 1.25. The largest absolute Gasteiger partial charge is 0.333 e. The molecule has 2 saturated heterocycles. The van der Waals surface area contributed by atoms with E-state index < -0.39 is 15.8 Å². The molecule has 0 saturated carbocycles. The molecule has 5 nitrogen and oxygen atoms in total. The van der Waals surface area contributed by atoms with Crippen molar-refractivity contribution in [1.29, 1.82) is 0 Å². The third kappa shape index (κ3) is 3.14. The Hall–Kier alpha value is -1.11.